The third kappa shape index (κ3) is 4.50. The van der Waals surface area contributed by atoms with Gasteiger partial charge in [-0.25, -0.2) is 23.4 Å². The van der Waals surface area contributed by atoms with E-state index in [2.05, 4.69) is 25.6 Å². The summed E-state index contributed by atoms with van der Waals surface area (Å²) >= 11 is 0. The maximum absolute atomic E-state index is 12.6. The minimum Gasteiger partial charge on any atom is -0.393 e. The number of sulfonamides is 1. The Morgan fingerprint density at radius 2 is 1.57 bits per heavy atom. The Labute approximate surface area is 176 Å². The van der Waals surface area contributed by atoms with Gasteiger partial charge in [-0.3, -0.25) is 0 Å². The van der Waals surface area contributed by atoms with E-state index in [-0.39, 0.29) is 4.90 Å². The molecule has 0 bridgehead atoms. The fourth-order valence-corrected chi connectivity index (χ4v) is 4.34. The summed E-state index contributed by atoms with van der Waals surface area (Å²) in [6.45, 7) is 6.39. The Morgan fingerprint density at radius 3 is 2.17 bits per heavy atom. The van der Waals surface area contributed by atoms with Gasteiger partial charge < -0.3 is 16.4 Å². The van der Waals surface area contributed by atoms with Crippen molar-refractivity contribution in [3.63, 3.8) is 0 Å². The molecular formula is C20H25N7O2S. The van der Waals surface area contributed by atoms with Gasteiger partial charge in [-0.1, -0.05) is 19.9 Å². The van der Waals surface area contributed by atoms with E-state index >= 15 is 0 Å². The van der Waals surface area contributed by atoms with Gasteiger partial charge in [-0.05, 0) is 42.8 Å². The van der Waals surface area contributed by atoms with E-state index in [0.29, 0.717) is 41.9 Å². The Bertz CT molecular complexity index is 1110. The highest BCUT2D eigenvalue weighted by Crippen LogP contribution is 2.29. The van der Waals surface area contributed by atoms with E-state index in [9.17, 15) is 8.42 Å². The van der Waals surface area contributed by atoms with Gasteiger partial charge in [0.25, 0.3) is 0 Å². The number of hydrogen-bond acceptors (Lipinski definition) is 8. The van der Waals surface area contributed by atoms with Crippen LogP contribution in [0.5, 0.6) is 0 Å². The summed E-state index contributed by atoms with van der Waals surface area (Å²) in [5, 5.41) is 6.21. The maximum atomic E-state index is 12.6. The van der Waals surface area contributed by atoms with Crippen molar-refractivity contribution >= 4 is 38.9 Å². The van der Waals surface area contributed by atoms with Gasteiger partial charge >= 0.3 is 0 Å². The number of nitrogens with one attached hydrogen (secondary N) is 2. The normalized spacial score (nSPS) is 11.5. The van der Waals surface area contributed by atoms with E-state index in [1.165, 1.54) is 10.6 Å². The molecular weight excluding hydrogens is 402 g/mol. The summed E-state index contributed by atoms with van der Waals surface area (Å²) in [7, 11) is -3.51. The molecule has 2 aromatic heterocycles. The zero-order valence-corrected chi connectivity index (χ0v) is 17.9. The van der Waals surface area contributed by atoms with Crippen molar-refractivity contribution in [2.75, 3.05) is 29.5 Å². The van der Waals surface area contributed by atoms with Crippen LogP contribution in [-0.4, -0.2) is 40.8 Å². The smallest absolute Gasteiger partial charge is 0.243 e. The standard InChI is InChI=1S/C20H25N7O2S/c1-4-27(5-2)30(28,29)16-10-8-15(9-11-16)25-19-17(21)20(24-13-23-19)26-18-14(3)7-6-12-22-18/h6-13H,4-5,21H2,1-3H3,(H2,22,23,24,25,26). The molecule has 0 aliphatic carbocycles. The minimum absolute atomic E-state index is 0.236. The Kier molecular flexibility index (Phi) is 6.48. The van der Waals surface area contributed by atoms with Gasteiger partial charge in [-0.2, -0.15) is 4.31 Å². The summed E-state index contributed by atoms with van der Waals surface area (Å²) in [4.78, 5) is 12.9. The summed E-state index contributed by atoms with van der Waals surface area (Å²) in [5.41, 5.74) is 8.15. The molecule has 0 radical (unpaired) electrons. The number of hydrogen-bond donors (Lipinski definition) is 3. The monoisotopic (exact) mass is 427 g/mol. The van der Waals surface area contributed by atoms with E-state index in [4.69, 9.17) is 5.73 Å². The van der Waals surface area contributed by atoms with Gasteiger partial charge in [0.15, 0.2) is 11.6 Å². The highest BCUT2D eigenvalue weighted by molar-refractivity contribution is 7.89. The number of nitrogen functional groups attached to an aromatic ring is 1. The molecule has 4 N–H and O–H groups in total. The van der Waals surface area contributed by atoms with E-state index in [0.717, 1.165) is 5.56 Å². The second-order valence-corrected chi connectivity index (χ2v) is 8.46. The van der Waals surface area contributed by atoms with Gasteiger partial charge in [0.1, 0.15) is 17.8 Å². The number of aromatic nitrogens is 3. The topological polar surface area (TPSA) is 126 Å². The highest BCUT2D eigenvalue weighted by Gasteiger charge is 2.21. The van der Waals surface area contributed by atoms with Crippen molar-refractivity contribution in [3.8, 4) is 0 Å². The van der Waals surface area contributed by atoms with Crippen LogP contribution < -0.4 is 16.4 Å². The molecule has 1 aromatic carbocycles. The molecule has 158 valence electrons. The van der Waals surface area contributed by atoms with Crippen LogP contribution in [0.4, 0.5) is 28.8 Å². The first-order valence-corrected chi connectivity index (χ1v) is 11.0. The lowest BCUT2D eigenvalue weighted by Crippen LogP contribution is -2.30. The molecule has 0 aliphatic rings. The first-order valence-electron chi connectivity index (χ1n) is 9.53. The lowest BCUT2D eigenvalue weighted by molar-refractivity contribution is 0.445. The van der Waals surface area contributed by atoms with Crippen molar-refractivity contribution in [3.05, 3.63) is 54.5 Å². The number of aryl methyl sites for hydroxylation is 1. The van der Waals surface area contributed by atoms with Gasteiger partial charge in [-0.15, -0.1) is 0 Å². The van der Waals surface area contributed by atoms with Crippen LogP contribution in [0.1, 0.15) is 19.4 Å². The quantitative estimate of drug-likeness (QED) is 0.500. The summed E-state index contributed by atoms with van der Waals surface area (Å²) in [6.07, 6.45) is 3.07. The molecule has 0 spiro atoms. The lowest BCUT2D eigenvalue weighted by Gasteiger charge is -2.18. The van der Waals surface area contributed by atoms with Crippen molar-refractivity contribution in [2.24, 2.45) is 0 Å². The molecule has 0 saturated heterocycles. The largest absolute Gasteiger partial charge is 0.393 e. The predicted molar refractivity (Wildman–Crippen MR) is 119 cm³/mol. The van der Waals surface area contributed by atoms with Crippen LogP contribution in [0, 0.1) is 6.92 Å². The number of nitrogens with zero attached hydrogens (tertiary/aromatic N) is 4. The first-order chi connectivity index (χ1) is 14.4. The van der Waals surface area contributed by atoms with Crippen molar-refractivity contribution < 1.29 is 8.42 Å². The number of anilines is 5. The van der Waals surface area contributed by atoms with Crippen LogP contribution in [0.25, 0.3) is 0 Å². The average molecular weight is 428 g/mol. The van der Waals surface area contributed by atoms with E-state index < -0.39 is 10.0 Å². The Hall–Kier alpha value is -3.24. The predicted octanol–water partition coefficient (Wildman–Crippen LogP) is 3.28. The number of pyridine rings is 1. The van der Waals surface area contributed by atoms with Gasteiger partial charge in [0.2, 0.25) is 10.0 Å². The molecule has 9 nitrogen and oxygen atoms in total. The molecule has 0 amide bonds. The summed E-state index contributed by atoms with van der Waals surface area (Å²) in [5.74, 6) is 1.48. The second kappa shape index (κ2) is 9.06. The van der Waals surface area contributed by atoms with Crippen molar-refractivity contribution in [1.82, 2.24) is 19.3 Å². The van der Waals surface area contributed by atoms with Crippen LogP contribution in [-0.2, 0) is 10.0 Å². The molecule has 30 heavy (non-hydrogen) atoms. The fourth-order valence-electron chi connectivity index (χ4n) is 2.88. The number of benzene rings is 1. The second-order valence-electron chi connectivity index (χ2n) is 6.52. The molecule has 0 fully saturated rings. The van der Waals surface area contributed by atoms with Gasteiger partial charge in [0.05, 0.1) is 4.90 Å². The van der Waals surface area contributed by atoms with E-state index in [1.807, 2.05) is 32.9 Å². The van der Waals surface area contributed by atoms with Crippen LogP contribution >= 0.6 is 0 Å². The summed E-state index contributed by atoms with van der Waals surface area (Å²) in [6, 6.07) is 10.2. The Balaban J connectivity index is 1.81. The molecule has 2 heterocycles. The van der Waals surface area contributed by atoms with Crippen molar-refractivity contribution in [2.45, 2.75) is 25.7 Å². The van der Waals surface area contributed by atoms with Crippen LogP contribution in [0.2, 0.25) is 0 Å². The SMILES string of the molecule is CCN(CC)S(=O)(=O)c1ccc(Nc2ncnc(Nc3ncccc3C)c2N)cc1. The molecule has 3 rings (SSSR count). The molecule has 0 aliphatic heterocycles. The van der Waals surface area contributed by atoms with Crippen LogP contribution in [0.3, 0.4) is 0 Å². The fraction of sp³-hybridized carbons (Fsp3) is 0.250. The molecule has 10 heteroatoms. The molecule has 3 aromatic rings. The molecule has 0 saturated carbocycles. The highest BCUT2D eigenvalue weighted by atomic mass is 32.2. The first kappa shape index (κ1) is 21.5. The number of rotatable bonds is 8. The van der Waals surface area contributed by atoms with E-state index in [1.54, 1.807) is 30.5 Å². The Morgan fingerprint density at radius 1 is 0.933 bits per heavy atom. The average Bonchev–Trinajstić information content (AvgIpc) is 2.73. The van der Waals surface area contributed by atoms with Gasteiger partial charge in [0, 0.05) is 25.0 Å². The maximum Gasteiger partial charge on any atom is 0.243 e. The van der Waals surface area contributed by atoms with Crippen molar-refractivity contribution in [1.29, 1.82) is 0 Å². The third-order valence-electron chi connectivity index (χ3n) is 4.59. The van der Waals surface area contributed by atoms with Crippen LogP contribution in [0.15, 0.2) is 53.8 Å². The molecule has 0 unspecified atom stereocenters. The summed E-state index contributed by atoms with van der Waals surface area (Å²) < 4.78 is 26.6. The zero-order chi connectivity index (χ0) is 21.7. The third-order valence-corrected chi connectivity index (χ3v) is 6.65. The number of nitrogens with two attached hydrogens (primary N) is 1. The zero-order valence-electron chi connectivity index (χ0n) is 17.1. The lowest BCUT2D eigenvalue weighted by atomic mass is 10.3. The molecule has 0 atom stereocenters. The minimum atomic E-state index is -3.51.